The van der Waals surface area contributed by atoms with Crippen LogP contribution in [0.5, 0.6) is 5.75 Å². The standard InChI is InChI=1S/C21H25ClN2O4/c1-3-18(28-19-12-7-5-10-16(19)22)21(26)24-17-11-6-4-9-15(17)20(25)23-13-8-14-27-2/h4-7,9-12,18H,3,8,13-14H2,1-2H3,(H,23,25)(H,24,26)/t18-/m1/s1. The van der Waals surface area contributed by atoms with E-state index in [-0.39, 0.29) is 11.8 Å². The summed E-state index contributed by atoms with van der Waals surface area (Å²) in [5.74, 6) is -0.163. The van der Waals surface area contributed by atoms with Gasteiger partial charge in [0.05, 0.1) is 16.3 Å². The summed E-state index contributed by atoms with van der Waals surface area (Å²) in [6.45, 7) is 2.90. The van der Waals surface area contributed by atoms with E-state index in [4.69, 9.17) is 21.1 Å². The van der Waals surface area contributed by atoms with Gasteiger partial charge in [0.15, 0.2) is 6.10 Å². The number of carbonyl (C=O) groups is 2. The number of hydrogen-bond donors (Lipinski definition) is 2. The number of anilines is 1. The van der Waals surface area contributed by atoms with Crippen molar-refractivity contribution in [2.24, 2.45) is 0 Å². The van der Waals surface area contributed by atoms with Gasteiger partial charge in [-0.3, -0.25) is 9.59 Å². The van der Waals surface area contributed by atoms with Crippen LogP contribution in [-0.4, -0.2) is 38.2 Å². The molecular formula is C21H25ClN2O4. The largest absolute Gasteiger partial charge is 0.479 e. The van der Waals surface area contributed by atoms with E-state index in [2.05, 4.69) is 10.6 Å². The second kappa shape index (κ2) is 11.3. The van der Waals surface area contributed by atoms with Gasteiger partial charge in [0.25, 0.3) is 11.8 Å². The maximum absolute atomic E-state index is 12.7. The third kappa shape index (κ3) is 6.25. The molecule has 0 aromatic heterocycles. The molecule has 2 N–H and O–H groups in total. The molecule has 2 aromatic rings. The molecule has 0 saturated carbocycles. The first-order valence-corrected chi connectivity index (χ1v) is 9.52. The molecule has 0 bridgehead atoms. The molecule has 2 rings (SSSR count). The van der Waals surface area contributed by atoms with Crippen molar-refractivity contribution in [2.75, 3.05) is 25.6 Å². The first kappa shape index (κ1) is 21.7. The zero-order valence-electron chi connectivity index (χ0n) is 16.0. The summed E-state index contributed by atoms with van der Waals surface area (Å²) in [6.07, 6.45) is 0.417. The summed E-state index contributed by atoms with van der Waals surface area (Å²) in [5, 5.41) is 6.04. The van der Waals surface area contributed by atoms with E-state index in [1.807, 2.05) is 6.92 Å². The van der Waals surface area contributed by atoms with Crippen molar-refractivity contribution in [1.82, 2.24) is 5.32 Å². The molecule has 0 aliphatic carbocycles. The molecule has 0 saturated heterocycles. The van der Waals surface area contributed by atoms with Gasteiger partial charge in [0.2, 0.25) is 0 Å². The van der Waals surface area contributed by atoms with Gasteiger partial charge in [-0.1, -0.05) is 42.8 Å². The van der Waals surface area contributed by atoms with Crippen LogP contribution in [0.15, 0.2) is 48.5 Å². The number of rotatable bonds is 10. The number of halogens is 1. The van der Waals surface area contributed by atoms with Crippen molar-refractivity contribution in [2.45, 2.75) is 25.9 Å². The molecule has 6 nitrogen and oxygen atoms in total. The Labute approximate surface area is 170 Å². The second-order valence-electron chi connectivity index (χ2n) is 6.08. The zero-order chi connectivity index (χ0) is 20.4. The monoisotopic (exact) mass is 404 g/mol. The van der Waals surface area contributed by atoms with E-state index < -0.39 is 6.10 Å². The highest BCUT2D eigenvalue weighted by atomic mass is 35.5. The number of amides is 2. The van der Waals surface area contributed by atoms with Crippen LogP contribution in [0.3, 0.4) is 0 Å². The van der Waals surface area contributed by atoms with Crippen LogP contribution in [0.25, 0.3) is 0 Å². The highest BCUT2D eigenvalue weighted by molar-refractivity contribution is 6.32. The zero-order valence-corrected chi connectivity index (χ0v) is 16.8. The average Bonchev–Trinajstić information content (AvgIpc) is 2.70. The smallest absolute Gasteiger partial charge is 0.265 e. The predicted molar refractivity (Wildman–Crippen MR) is 110 cm³/mol. The molecule has 2 aromatic carbocycles. The van der Waals surface area contributed by atoms with Gasteiger partial charge in [-0.15, -0.1) is 0 Å². The quantitative estimate of drug-likeness (QED) is 0.589. The maximum atomic E-state index is 12.7. The van der Waals surface area contributed by atoms with Crippen LogP contribution in [0.2, 0.25) is 5.02 Å². The average molecular weight is 405 g/mol. The fourth-order valence-electron chi connectivity index (χ4n) is 2.53. The van der Waals surface area contributed by atoms with Crippen molar-refractivity contribution in [1.29, 1.82) is 0 Å². The van der Waals surface area contributed by atoms with E-state index in [0.717, 1.165) is 0 Å². The van der Waals surface area contributed by atoms with Gasteiger partial charge in [-0.2, -0.15) is 0 Å². The maximum Gasteiger partial charge on any atom is 0.265 e. The third-order valence-corrected chi connectivity index (χ3v) is 4.32. The Morgan fingerprint density at radius 2 is 1.82 bits per heavy atom. The minimum absolute atomic E-state index is 0.257. The van der Waals surface area contributed by atoms with Crippen molar-refractivity contribution < 1.29 is 19.1 Å². The molecule has 2 amide bonds. The lowest BCUT2D eigenvalue weighted by atomic mass is 10.1. The van der Waals surface area contributed by atoms with Gasteiger partial charge < -0.3 is 20.1 Å². The first-order valence-electron chi connectivity index (χ1n) is 9.15. The Kier molecular flexibility index (Phi) is 8.78. The normalized spacial score (nSPS) is 11.5. The van der Waals surface area contributed by atoms with Crippen LogP contribution >= 0.6 is 11.6 Å². The number of methoxy groups -OCH3 is 1. The minimum atomic E-state index is -0.738. The van der Waals surface area contributed by atoms with Crippen LogP contribution in [-0.2, 0) is 9.53 Å². The van der Waals surface area contributed by atoms with E-state index in [9.17, 15) is 9.59 Å². The second-order valence-corrected chi connectivity index (χ2v) is 6.49. The third-order valence-electron chi connectivity index (χ3n) is 4.01. The fraction of sp³-hybridized carbons (Fsp3) is 0.333. The van der Waals surface area contributed by atoms with Crippen molar-refractivity contribution in [3.05, 3.63) is 59.1 Å². The SMILES string of the molecule is CC[C@@H](Oc1ccccc1Cl)C(=O)Nc1ccccc1C(=O)NCCCOC. The van der Waals surface area contributed by atoms with Gasteiger partial charge in [-0.25, -0.2) is 0 Å². The number of ether oxygens (including phenoxy) is 2. The Hall–Kier alpha value is -2.57. The lowest BCUT2D eigenvalue weighted by Gasteiger charge is -2.19. The number of carbonyl (C=O) groups excluding carboxylic acids is 2. The lowest BCUT2D eigenvalue weighted by Crippen LogP contribution is -2.33. The summed E-state index contributed by atoms with van der Waals surface area (Å²) in [6, 6.07) is 13.8. The van der Waals surface area contributed by atoms with Crippen molar-refractivity contribution >= 4 is 29.1 Å². The Balaban J connectivity index is 2.06. The molecule has 0 fully saturated rings. The van der Waals surface area contributed by atoms with Gasteiger partial charge in [0.1, 0.15) is 5.75 Å². The first-order chi connectivity index (χ1) is 13.6. The summed E-state index contributed by atoms with van der Waals surface area (Å²) in [5.41, 5.74) is 0.818. The number of hydrogen-bond acceptors (Lipinski definition) is 4. The van der Waals surface area contributed by atoms with E-state index in [1.54, 1.807) is 55.6 Å². The predicted octanol–water partition coefficient (Wildman–Crippen LogP) is 3.90. The van der Waals surface area contributed by atoms with Crippen LogP contribution in [0.1, 0.15) is 30.1 Å². The molecule has 0 aliphatic heterocycles. The molecule has 0 unspecified atom stereocenters. The topological polar surface area (TPSA) is 76.7 Å². The molecule has 0 aliphatic rings. The molecule has 28 heavy (non-hydrogen) atoms. The molecule has 7 heteroatoms. The summed E-state index contributed by atoms with van der Waals surface area (Å²) >= 11 is 6.11. The summed E-state index contributed by atoms with van der Waals surface area (Å²) < 4.78 is 10.7. The highest BCUT2D eigenvalue weighted by Gasteiger charge is 2.21. The van der Waals surface area contributed by atoms with Gasteiger partial charge in [-0.05, 0) is 37.1 Å². The molecule has 0 radical (unpaired) electrons. The molecule has 0 heterocycles. The van der Waals surface area contributed by atoms with E-state index in [0.29, 0.717) is 48.0 Å². The van der Waals surface area contributed by atoms with E-state index >= 15 is 0 Å². The Morgan fingerprint density at radius 3 is 2.54 bits per heavy atom. The lowest BCUT2D eigenvalue weighted by molar-refractivity contribution is -0.122. The van der Waals surface area contributed by atoms with Crippen molar-refractivity contribution in [3.8, 4) is 5.75 Å². The van der Waals surface area contributed by atoms with Crippen molar-refractivity contribution in [3.63, 3.8) is 0 Å². The number of nitrogens with one attached hydrogen (secondary N) is 2. The van der Waals surface area contributed by atoms with E-state index in [1.165, 1.54) is 0 Å². The summed E-state index contributed by atoms with van der Waals surface area (Å²) in [7, 11) is 1.61. The Bertz CT molecular complexity index is 797. The fourth-order valence-corrected chi connectivity index (χ4v) is 2.71. The number of para-hydroxylation sites is 2. The van der Waals surface area contributed by atoms with Gasteiger partial charge >= 0.3 is 0 Å². The molecular weight excluding hydrogens is 380 g/mol. The van der Waals surface area contributed by atoms with Crippen LogP contribution < -0.4 is 15.4 Å². The molecule has 1 atom stereocenters. The Morgan fingerprint density at radius 1 is 1.11 bits per heavy atom. The molecule has 150 valence electrons. The molecule has 0 spiro atoms. The number of benzene rings is 2. The highest BCUT2D eigenvalue weighted by Crippen LogP contribution is 2.25. The summed E-state index contributed by atoms with van der Waals surface area (Å²) in [4.78, 5) is 25.1. The minimum Gasteiger partial charge on any atom is -0.479 e. The van der Waals surface area contributed by atoms with Crippen LogP contribution in [0, 0.1) is 0 Å². The van der Waals surface area contributed by atoms with Crippen LogP contribution in [0.4, 0.5) is 5.69 Å². The van der Waals surface area contributed by atoms with Gasteiger partial charge in [0, 0.05) is 20.3 Å².